The average molecular weight is 672 g/mol. The number of nitro benzene ring substituents is 1. The Balaban J connectivity index is 1.25. The molecule has 0 aliphatic carbocycles. The van der Waals surface area contributed by atoms with Gasteiger partial charge in [0.05, 0.1) is 41.0 Å². The summed E-state index contributed by atoms with van der Waals surface area (Å²) in [6.45, 7) is -0.0260. The highest BCUT2D eigenvalue weighted by molar-refractivity contribution is 7.99. The molecule has 2 amide bonds. The van der Waals surface area contributed by atoms with Crippen molar-refractivity contribution in [2.24, 2.45) is 5.10 Å². The highest BCUT2D eigenvalue weighted by atomic mass is 32.2. The standard InChI is InChI=1S/C32H26FN7O5S2/c1-45-25-5-2-4-21(16-25)31(42)34-18-29-35-36-32(38(29)23-11-13-24(14-12-23)40(43)44)47-19-30(41)39-27(20-7-9-22(33)10-8-20)17-26(37-39)28-6-3-15-46-28/h2-16,27H,17-19H2,1H3,(H,34,42)/t27-/m0/s1. The van der Waals surface area contributed by atoms with E-state index in [1.54, 1.807) is 53.1 Å². The van der Waals surface area contributed by atoms with Gasteiger partial charge in [-0.2, -0.15) is 5.10 Å². The van der Waals surface area contributed by atoms with Gasteiger partial charge in [0.2, 0.25) is 0 Å². The van der Waals surface area contributed by atoms with Crippen LogP contribution in [0.25, 0.3) is 5.69 Å². The predicted octanol–water partition coefficient (Wildman–Crippen LogP) is 5.78. The molecule has 0 fully saturated rings. The van der Waals surface area contributed by atoms with Crippen molar-refractivity contribution in [3.05, 3.63) is 128 Å². The number of carbonyl (C=O) groups is 2. The second-order valence-electron chi connectivity index (χ2n) is 10.2. The Bertz CT molecular complexity index is 1950. The smallest absolute Gasteiger partial charge is 0.269 e. The van der Waals surface area contributed by atoms with Crippen molar-refractivity contribution in [1.82, 2.24) is 25.1 Å². The highest BCUT2D eigenvalue weighted by Gasteiger charge is 2.34. The van der Waals surface area contributed by atoms with Crippen molar-refractivity contribution < 1.29 is 23.6 Å². The minimum Gasteiger partial charge on any atom is -0.497 e. The van der Waals surface area contributed by atoms with Gasteiger partial charge < -0.3 is 10.1 Å². The molecule has 12 nitrogen and oxygen atoms in total. The van der Waals surface area contributed by atoms with E-state index in [0.717, 1.165) is 27.9 Å². The SMILES string of the molecule is COc1cccc(C(=O)NCc2nnc(SCC(=O)N3N=C(c4cccs4)C[C@H]3c3ccc(F)cc3)n2-c2ccc([N+](=O)[O-])cc2)c1. The molecule has 47 heavy (non-hydrogen) atoms. The molecule has 238 valence electrons. The number of carbonyl (C=O) groups excluding carboxylic acids is 2. The summed E-state index contributed by atoms with van der Waals surface area (Å²) in [7, 11) is 1.51. The molecule has 0 spiro atoms. The molecule has 3 aromatic carbocycles. The number of hydrogen-bond donors (Lipinski definition) is 1. The first-order valence-electron chi connectivity index (χ1n) is 14.2. The summed E-state index contributed by atoms with van der Waals surface area (Å²) in [4.78, 5) is 38.3. The van der Waals surface area contributed by atoms with E-state index in [4.69, 9.17) is 4.74 Å². The molecule has 0 unspecified atom stereocenters. The second kappa shape index (κ2) is 13.9. The van der Waals surface area contributed by atoms with Crippen LogP contribution in [0.15, 0.2) is 101 Å². The van der Waals surface area contributed by atoms with Gasteiger partial charge in [-0.3, -0.25) is 24.3 Å². The molecular weight excluding hydrogens is 646 g/mol. The van der Waals surface area contributed by atoms with Gasteiger partial charge in [-0.15, -0.1) is 21.5 Å². The number of non-ortho nitro benzene ring substituents is 1. The molecule has 0 bridgehead atoms. The zero-order valence-electron chi connectivity index (χ0n) is 24.8. The number of amides is 2. The lowest BCUT2D eigenvalue weighted by Crippen LogP contribution is -2.28. The fraction of sp³-hybridized carbons (Fsp3) is 0.156. The Hall–Kier alpha value is -5.41. The number of methoxy groups -OCH3 is 1. The van der Waals surface area contributed by atoms with Crippen LogP contribution < -0.4 is 10.1 Å². The number of halogens is 1. The number of ether oxygens (including phenoxy) is 1. The van der Waals surface area contributed by atoms with Crippen molar-refractivity contribution >= 4 is 46.3 Å². The summed E-state index contributed by atoms with van der Waals surface area (Å²) < 4.78 is 20.6. The number of thioether (sulfide) groups is 1. The Kier molecular flexibility index (Phi) is 9.35. The summed E-state index contributed by atoms with van der Waals surface area (Å²) in [5, 5.41) is 31.0. The van der Waals surface area contributed by atoms with Crippen LogP contribution in [0.4, 0.5) is 10.1 Å². The maximum atomic E-state index is 13.7. The van der Waals surface area contributed by atoms with Crippen molar-refractivity contribution in [2.75, 3.05) is 12.9 Å². The number of nitrogens with one attached hydrogen (secondary N) is 1. The normalized spacial score (nSPS) is 14.1. The average Bonchev–Trinajstić information content (AvgIpc) is 3.87. The van der Waals surface area contributed by atoms with Crippen LogP contribution >= 0.6 is 23.1 Å². The second-order valence-corrected chi connectivity index (χ2v) is 12.1. The first-order valence-corrected chi connectivity index (χ1v) is 16.1. The van der Waals surface area contributed by atoms with Gasteiger partial charge in [-0.25, -0.2) is 9.40 Å². The van der Waals surface area contributed by atoms with E-state index in [2.05, 4.69) is 20.6 Å². The van der Waals surface area contributed by atoms with Gasteiger partial charge in [0, 0.05) is 29.8 Å². The fourth-order valence-corrected chi connectivity index (χ4v) is 6.53. The first-order chi connectivity index (χ1) is 22.8. The number of aromatic nitrogens is 3. The molecule has 1 N–H and O–H groups in total. The molecule has 0 radical (unpaired) electrons. The monoisotopic (exact) mass is 671 g/mol. The molecule has 6 rings (SSSR count). The van der Waals surface area contributed by atoms with Crippen LogP contribution in [0, 0.1) is 15.9 Å². The van der Waals surface area contributed by atoms with E-state index in [0.29, 0.717) is 34.4 Å². The van der Waals surface area contributed by atoms with E-state index in [-0.39, 0.29) is 35.6 Å². The number of thiophene rings is 1. The van der Waals surface area contributed by atoms with Crippen molar-refractivity contribution in [1.29, 1.82) is 0 Å². The molecule has 1 aliphatic heterocycles. The van der Waals surface area contributed by atoms with E-state index >= 15 is 0 Å². The Labute approximate surface area is 276 Å². The number of benzene rings is 3. The molecule has 5 aromatic rings. The number of nitrogens with zero attached hydrogens (tertiary/aromatic N) is 6. The Morgan fingerprint density at radius 2 is 1.87 bits per heavy atom. The van der Waals surface area contributed by atoms with E-state index in [1.807, 2.05) is 17.5 Å². The third-order valence-corrected chi connectivity index (χ3v) is 9.14. The van der Waals surface area contributed by atoms with Gasteiger partial charge in [-0.1, -0.05) is 36.0 Å². The summed E-state index contributed by atoms with van der Waals surface area (Å²) in [5.41, 5.74) is 2.30. The number of hydrogen-bond acceptors (Lipinski definition) is 10. The Morgan fingerprint density at radius 1 is 1.09 bits per heavy atom. The van der Waals surface area contributed by atoms with Crippen LogP contribution in [0.1, 0.15) is 39.1 Å². The quantitative estimate of drug-likeness (QED) is 0.106. The van der Waals surface area contributed by atoms with Crippen molar-refractivity contribution in [3.8, 4) is 11.4 Å². The highest BCUT2D eigenvalue weighted by Crippen LogP contribution is 2.35. The van der Waals surface area contributed by atoms with Gasteiger partial charge in [0.1, 0.15) is 11.6 Å². The molecule has 1 aliphatic rings. The molecular formula is C32H26FN7O5S2. The van der Waals surface area contributed by atoms with Gasteiger partial charge in [0.15, 0.2) is 11.0 Å². The number of rotatable bonds is 11. The maximum absolute atomic E-state index is 13.7. The third-order valence-electron chi connectivity index (χ3n) is 7.31. The van der Waals surface area contributed by atoms with Gasteiger partial charge >= 0.3 is 0 Å². The third kappa shape index (κ3) is 7.05. The van der Waals surface area contributed by atoms with Gasteiger partial charge in [0.25, 0.3) is 17.5 Å². The topological polar surface area (TPSA) is 145 Å². The van der Waals surface area contributed by atoms with Crippen molar-refractivity contribution in [3.63, 3.8) is 0 Å². The number of hydrazone groups is 1. The zero-order valence-corrected chi connectivity index (χ0v) is 26.4. The van der Waals surface area contributed by atoms with Crippen LogP contribution in [0.5, 0.6) is 5.75 Å². The maximum Gasteiger partial charge on any atom is 0.269 e. The number of nitro groups is 1. The van der Waals surface area contributed by atoms with Gasteiger partial charge in [-0.05, 0) is 59.5 Å². The largest absolute Gasteiger partial charge is 0.497 e. The van der Waals surface area contributed by atoms with E-state index < -0.39 is 11.0 Å². The molecule has 2 aromatic heterocycles. The Morgan fingerprint density at radius 3 is 2.57 bits per heavy atom. The van der Waals surface area contributed by atoms with Crippen LogP contribution in [-0.2, 0) is 11.3 Å². The predicted molar refractivity (Wildman–Crippen MR) is 174 cm³/mol. The van der Waals surface area contributed by atoms with Crippen LogP contribution in [-0.4, -0.2) is 55.1 Å². The fourth-order valence-electron chi connectivity index (χ4n) is 4.99. The minimum absolute atomic E-state index is 0.0260. The molecule has 0 saturated carbocycles. The molecule has 0 saturated heterocycles. The first kappa shape index (κ1) is 31.6. The van der Waals surface area contributed by atoms with E-state index in [9.17, 15) is 24.1 Å². The van der Waals surface area contributed by atoms with Crippen LogP contribution in [0.3, 0.4) is 0 Å². The summed E-state index contributed by atoms with van der Waals surface area (Å²) >= 11 is 2.63. The zero-order chi connectivity index (χ0) is 32.9. The van der Waals surface area contributed by atoms with Crippen molar-refractivity contribution in [2.45, 2.75) is 24.2 Å². The lowest BCUT2D eigenvalue weighted by atomic mass is 10.0. The molecule has 1 atom stereocenters. The van der Waals surface area contributed by atoms with E-state index in [1.165, 1.54) is 47.7 Å². The minimum atomic E-state index is -0.502. The summed E-state index contributed by atoms with van der Waals surface area (Å²) in [6, 6.07) is 21.9. The molecule has 3 heterocycles. The lowest BCUT2D eigenvalue weighted by molar-refractivity contribution is -0.384. The van der Waals surface area contributed by atoms with Crippen LogP contribution in [0.2, 0.25) is 0 Å². The summed E-state index contributed by atoms with van der Waals surface area (Å²) in [6.07, 6.45) is 0.471. The molecule has 15 heteroatoms. The summed E-state index contributed by atoms with van der Waals surface area (Å²) in [5.74, 6) is -0.246. The lowest BCUT2D eigenvalue weighted by Gasteiger charge is -2.22.